The predicted octanol–water partition coefficient (Wildman–Crippen LogP) is 2.80. The summed E-state index contributed by atoms with van der Waals surface area (Å²) in [6, 6.07) is 2.01. The highest BCUT2D eigenvalue weighted by atomic mass is 79.9. The van der Waals surface area contributed by atoms with E-state index >= 15 is 0 Å². The summed E-state index contributed by atoms with van der Waals surface area (Å²) >= 11 is 10.9. The maximum Gasteiger partial charge on any atom is 0.225 e. The molecule has 3 nitrogen and oxygen atoms in total. The maximum absolute atomic E-state index is 5.79. The van der Waals surface area contributed by atoms with Crippen LogP contribution in [0.25, 0.3) is 0 Å². The van der Waals surface area contributed by atoms with Gasteiger partial charge in [0, 0.05) is 9.35 Å². The van der Waals surface area contributed by atoms with E-state index in [1.807, 2.05) is 11.4 Å². The van der Waals surface area contributed by atoms with E-state index in [-0.39, 0.29) is 0 Å². The van der Waals surface area contributed by atoms with Crippen molar-refractivity contribution in [2.24, 2.45) is 0 Å². The lowest BCUT2D eigenvalue weighted by molar-refractivity contribution is 0.805. The van der Waals surface area contributed by atoms with Gasteiger partial charge in [-0.1, -0.05) is 0 Å². The Bertz CT molecular complexity index is 373. The van der Waals surface area contributed by atoms with Crippen LogP contribution < -0.4 is 0 Å². The summed E-state index contributed by atoms with van der Waals surface area (Å²) in [5.41, 5.74) is 0. The second-order valence-electron chi connectivity index (χ2n) is 2.42. The third-order valence-electron chi connectivity index (χ3n) is 1.57. The number of nitrogens with zero attached hydrogens (tertiary/aromatic N) is 3. The Kier molecular flexibility index (Phi) is 2.66. The van der Waals surface area contributed by atoms with Gasteiger partial charge in [-0.3, -0.25) is 4.57 Å². The van der Waals surface area contributed by atoms with Gasteiger partial charge >= 0.3 is 0 Å². The van der Waals surface area contributed by atoms with E-state index in [2.05, 4.69) is 26.1 Å². The van der Waals surface area contributed by atoms with Crippen LogP contribution >= 0.6 is 38.9 Å². The van der Waals surface area contributed by atoms with E-state index in [9.17, 15) is 0 Å². The summed E-state index contributed by atoms with van der Waals surface area (Å²) < 4.78 is 2.89. The molecular formula is C7H5BrClN3S. The lowest BCUT2D eigenvalue weighted by Crippen LogP contribution is -1.96. The molecule has 13 heavy (non-hydrogen) atoms. The molecule has 0 atom stereocenters. The fourth-order valence-electron chi connectivity index (χ4n) is 0.940. The lowest BCUT2D eigenvalue weighted by Gasteiger charge is -1.99. The SMILES string of the molecule is Clc1nncn1Cc1sccc1Br. The molecule has 0 aliphatic rings. The minimum absolute atomic E-state index is 0.417. The molecule has 0 radical (unpaired) electrons. The van der Waals surface area contributed by atoms with E-state index in [1.54, 1.807) is 22.2 Å². The van der Waals surface area contributed by atoms with Crippen molar-refractivity contribution in [1.29, 1.82) is 0 Å². The van der Waals surface area contributed by atoms with Gasteiger partial charge in [0.15, 0.2) is 0 Å². The van der Waals surface area contributed by atoms with Crippen molar-refractivity contribution in [3.05, 3.63) is 32.4 Å². The number of hydrogen-bond acceptors (Lipinski definition) is 3. The van der Waals surface area contributed by atoms with Gasteiger partial charge in [0.05, 0.1) is 6.54 Å². The van der Waals surface area contributed by atoms with Crippen molar-refractivity contribution in [3.8, 4) is 0 Å². The van der Waals surface area contributed by atoms with Crippen LogP contribution in [0.3, 0.4) is 0 Å². The van der Waals surface area contributed by atoms with Gasteiger partial charge in [0.1, 0.15) is 6.33 Å². The molecular weight excluding hydrogens is 274 g/mol. The van der Waals surface area contributed by atoms with Crippen LogP contribution in [0.2, 0.25) is 5.28 Å². The minimum atomic E-state index is 0.417. The molecule has 0 N–H and O–H groups in total. The second-order valence-corrected chi connectivity index (χ2v) is 4.61. The highest BCUT2D eigenvalue weighted by molar-refractivity contribution is 9.10. The Morgan fingerprint density at radius 2 is 2.46 bits per heavy atom. The molecule has 0 spiro atoms. The molecule has 0 unspecified atom stereocenters. The van der Waals surface area contributed by atoms with E-state index < -0.39 is 0 Å². The smallest absolute Gasteiger partial charge is 0.225 e. The van der Waals surface area contributed by atoms with Gasteiger partial charge in [-0.05, 0) is 39.0 Å². The first-order valence-electron chi connectivity index (χ1n) is 3.52. The topological polar surface area (TPSA) is 30.7 Å². The highest BCUT2D eigenvalue weighted by Gasteiger charge is 2.05. The third-order valence-corrected chi connectivity index (χ3v) is 3.78. The summed E-state index contributed by atoms with van der Waals surface area (Å²) in [6.07, 6.45) is 1.62. The quantitative estimate of drug-likeness (QED) is 0.846. The fraction of sp³-hybridized carbons (Fsp3) is 0.143. The van der Waals surface area contributed by atoms with Crippen molar-refractivity contribution in [2.75, 3.05) is 0 Å². The van der Waals surface area contributed by atoms with Gasteiger partial charge in [-0.2, -0.15) is 0 Å². The Balaban J connectivity index is 2.24. The zero-order valence-corrected chi connectivity index (χ0v) is 9.60. The van der Waals surface area contributed by atoms with Crippen molar-refractivity contribution < 1.29 is 0 Å². The zero-order valence-electron chi connectivity index (χ0n) is 6.44. The summed E-state index contributed by atoms with van der Waals surface area (Å²) in [5, 5.41) is 9.84. The minimum Gasteiger partial charge on any atom is -0.299 e. The van der Waals surface area contributed by atoms with Gasteiger partial charge in [-0.15, -0.1) is 21.5 Å². The number of hydrogen-bond donors (Lipinski definition) is 0. The molecule has 0 saturated heterocycles. The third kappa shape index (κ3) is 1.92. The second kappa shape index (κ2) is 3.77. The van der Waals surface area contributed by atoms with Crippen LogP contribution in [0.1, 0.15) is 4.88 Å². The summed E-state index contributed by atoms with van der Waals surface area (Å²) in [7, 11) is 0. The zero-order chi connectivity index (χ0) is 9.26. The predicted molar refractivity (Wildman–Crippen MR) is 56.2 cm³/mol. The van der Waals surface area contributed by atoms with Crippen LogP contribution in [0.4, 0.5) is 0 Å². The number of aromatic nitrogens is 3. The standard InChI is InChI=1S/C7H5BrClN3S/c8-5-1-2-13-6(5)3-12-4-10-11-7(12)9/h1-2,4H,3H2. The first-order valence-corrected chi connectivity index (χ1v) is 5.57. The molecule has 0 aromatic carbocycles. The molecule has 6 heteroatoms. The van der Waals surface area contributed by atoms with Crippen LogP contribution in [0.5, 0.6) is 0 Å². The van der Waals surface area contributed by atoms with Crippen molar-refractivity contribution in [2.45, 2.75) is 6.54 Å². The first-order chi connectivity index (χ1) is 6.27. The summed E-state index contributed by atoms with van der Waals surface area (Å²) in [6.45, 7) is 0.712. The number of halogens is 2. The van der Waals surface area contributed by atoms with Gasteiger partial charge in [0.2, 0.25) is 5.28 Å². The summed E-state index contributed by atoms with van der Waals surface area (Å²) in [5.74, 6) is 0. The lowest BCUT2D eigenvalue weighted by atomic mass is 10.5. The van der Waals surface area contributed by atoms with Gasteiger partial charge in [-0.25, -0.2) is 0 Å². The molecule has 0 saturated carbocycles. The van der Waals surface area contributed by atoms with Gasteiger partial charge in [0.25, 0.3) is 0 Å². The summed E-state index contributed by atoms with van der Waals surface area (Å²) in [4.78, 5) is 1.21. The molecule has 0 aliphatic carbocycles. The largest absolute Gasteiger partial charge is 0.299 e. The average Bonchev–Trinajstić information content (AvgIpc) is 2.65. The van der Waals surface area contributed by atoms with E-state index in [0.717, 1.165) is 4.47 Å². The fourth-order valence-corrected chi connectivity index (χ4v) is 2.56. The molecule has 0 fully saturated rings. The van der Waals surface area contributed by atoms with Gasteiger partial charge < -0.3 is 0 Å². The maximum atomic E-state index is 5.79. The van der Waals surface area contributed by atoms with E-state index in [1.165, 1.54) is 4.88 Å². The molecule has 2 aromatic heterocycles. The van der Waals surface area contributed by atoms with Crippen LogP contribution in [0.15, 0.2) is 22.2 Å². The van der Waals surface area contributed by atoms with Crippen molar-refractivity contribution >= 4 is 38.9 Å². The Morgan fingerprint density at radius 3 is 3.00 bits per heavy atom. The van der Waals surface area contributed by atoms with Crippen LogP contribution in [-0.2, 0) is 6.54 Å². The molecule has 2 rings (SSSR count). The Morgan fingerprint density at radius 1 is 1.62 bits per heavy atom. The molecule has 0 aliphatic heterocycles. The van der Waals surface area contributed by atoms with Crippen molar-refractivity contribution in [1.82, 2.24) is 14.8 Å². The molecule has 68 valence electrons. The monoisotopic (exact) mass is 277 g/mol. The first kappa shape index (κ1) is 9.18. The Labute approximate surface area is 92.5 Å². The normalized spacial score (nSPS) is 10.6. The molecule has 0 amide bonds. The molecule has 0 bridgehead atoms. The molecule has 2 heterocycles. The molecule has 2 aromatic rings. The van der Waals surface area contributed by atoms with Crippen LogP contribution in [-0.4, -0.2) is 14.8 Å². The van der Waals surface area contributed by atoms with Crippen molar-refractivity contribution in [3.63, 3.8) is 0 Å². The highest BCUT2D eigenvalue weighted by Crippen LogP contribution is 2.24. The van der Waals surface area contributed by atoms with E-state index in [0.29, 0.717) is 11.8 Å². The number of rotatable bonds is 2. The number of thiophene rings is 1. The van der Waals surface area contributed by atoms with Crippen LogP contribution in [0, 0.1) is 0 Å². The average molecular weight is 279 g/mol. The Hall–Kier alpha value is -0.390. The van der Waals surface area contributed by atoms with E-state index in [4.69, 9.17) is 11.6 Å².